The molecule has 0 amide bonds. The molecule has 0 saturated heterocycles. The first-order valence-corrected chi connectivity index (χ1v) is 14.2. The van der Waals surface area contributed by atoms with Gasteiger partial charge < -0.3 is 9.64 Å². The Morgan fingerprint density at radius 1 is 1.03 bits per heavy atom. The Bertz CT molecular complexity index is 1180. The summed E-state index contributed by atoms with van der Waals surface area (Å²) in [6.07, 6.45) is 1.90. The summed E-state index contributed by atoms with van der Waals surface area (Å²) in [6, 6.07) is 17.2. The van der Waals surface area contributed by atoms with Gasteiger partial charge in [0.2, 0.25) is 10.0 Å². The molecule has 0 N–H and O–H groups in total. The third kappa shape index (κ3) is 7.15. The van der Waals surface area contributed by atoms with Crippen LogP contribution in [-0.2, 0) is 23.5 Å². The van der Waals surface area contributed by atoms with E-state index in [1.165, 1.54) is 4.31 Å². The van der Waals surface area contributed by atoms with Crippen molar-refractivity contribution in [2.45, 2.75) is 39.2 Å². The first kappa shape index (κ1) is 27.8. The number of sulfonamides is 1. The fraction of sp³-hybridized carbons (Fsp3) is 0.481. The zero-order chi connectivity index (χ0) is 26.1. The number of methoxy groups -OCH3 is 1. The smallest absolute Gasteiger partial charge is 0.214 e. The van der Waals surface area contributed by atoms with E-state index < -0.39 is 16.1 Å². The van der Waals surface area contributed by atoms with E-state index in [9.17, 15) is 8.42 Å². The highest BCUT2D eigenvalue weighted by Crippen LogP contribution is 2.28. The Kier molecular flexibility index (Phi) is 10.0. The summed E-state index contributed by atoms with van der Waals surface area (Å²) in [5.74, 6) is 2.05. The van der Waals surface area contributed by atoms with Gasteiger partial charge in [0.1, 0.15) is 5.75 Å². The van der Waals surface area contributed by atoms with Gasteiger partial charge in [0.05, 0.1) is 18.9 Å². The van der Waals surface area contributed by atoms with E-state index in [0.717, 1.165) is 42.9 Å². The molecule has 0 radical (unpaired) electrons. The third-order valence-electron chi connectivity index (χ3n) is 6.62. The van der Waals surface area contributed by atoms with E-state index in [1.807, 2.05) is 49.5 Å². The quantitative estimate of drug-likeness (QED) is 0.322. The maximum Gasteiger partial charge on any atom is 0.214 e. The molecule has 9 heteroatoms. The lowest BCUT2D eigenvalue weighted by Gasteiger charge is -2.26. The molecule has 0 aliphatic rings. The van der Waals surface area contributed by atoms with Crippen molar-refractivity contribution in [2.24, 2.45) is 7.05 Å². The Labute approximate surface area is 216 Å². The summed E-state index contributed by atoms with van der Waals surface area (Å²) < 4.78 is 35.2. The third-order valence-corrected chi connectivity index (χ3v) is 8.56. The van der Waals surface area contributed by atoms with Gasteiger partial charge in [-0.05, 0) is 68.7 Å². The lowest BCUT2D eigenvalue weighted by molar-refractivity contribution is 0.302. The zero-order valence-corrected chi connectivity index (χ0v) is 22.9. The number of aryl methyl sites for hydroxylation is 2. The van der Waals surface area contributed by atoms with Crippen molar-refractivity contribution in [2.75, 3.05) is 39.5 Å². The van der Waals surface area contributed by atoms with Gasteiger partial charge in [-0.1, -0.05) is 44.2 Å². The number of hydrogen-bond acceptors (Lipinski definition) is 6. The van der Waals surface area contributed by atoms with Crippen molar-refractivity contribution >= 4 is 10.0 Å². The van der Waals surface area contributed by atoms with Crippen molar-refractivity contribution in [3.63, 3.8) is 0 Å². The van der Waals surface area contributed by atoms with Crippen LogP contribution in [0, 0.1) is 0 Å². The lowest BCUT2D eigenvalue weighted by atomic mass is 10.0. The van der Waals surface area contributed by atoms with Crippen LogP contribution in [0.25, 0.3) is 11.4 Å². The van der Waals surface area contributed by atoms with Crippen LogP contribution in [0.4, 0.5) is 0 Å². The Balaban J connectivity index is 1.86. The Morgan fingerprint density at radius 3 is 2.31 bits per heavy atom. The summed E-state index contributed by atoms with van der Waals surface area (Å²) in [6.45, 7) is 6.78. The molecule has 0 spiro atoms. The average Bonchev–Trinajstić information content (AvgIpc) is 3.28. The van der Waals surface area contributed by atoms with E-state index in [-0.39, 0.29) is 5.75 Å². The van der Waals surface area contributed by atoms with Gasteiger partial charge in [-0.15, -0.1) is 0 Å². The number of nitrogens with zero attached hydrogens (tertiary/aromatic N) is 5. The molecule has 2 aromatic carbocycles. The Hall–Kier alpha value is -2.75. The van der Waals surface area contributed by atoms with E-state index in [4.69, 9.17) is 9.72 Å². The maximum atomic E-state index is 13.4. The van der Waals surface area contributed by atoms with Gasteiger partial charge in [-0.25, -0.2) is 18.1 Å². The molecule has 1 atom stereocenters. The lowest BCUT2D eigenvalue weighted by Crippen LogP contribution is -2.35. The number of aromatic nitrogens is 3. The standard InChI is InChI=1S/C27H39N5O3S/c1-6-32(7-2)20-11-21-36(33,34)31(4)25(19-14-22-12-9-8-10-13-22)26-28-27(30(3)29-26)23-15-17-24(35-5)18-16-23/h8-10,12-13,15-18,25H,6-7,11,14,19-21H2,1-5H3/t25-/m1/s1. The predicted octanol–water partition coefficient (Wildman–Crippen LogP) is 4.16. The molecule has 0 aliphatic heterocycles. The molecule has 8 nitrogen and oxygen atoms in total. The van der Waals surface area contributed by atoms with E-state index in [1.54, 1.807) is 18.8 Å². The molecule has 0 unspecified atom stereocenters. The molecule has 36 heavy (non-hydrogen) atoms. The van der Waals surface area contributed by atoms with E-state index in [2.05, 4.69) is 36.0 Å². The van der Waals surface area contributed by atoms with Gasteiger partial charge in [0, 0.05) is 19.7 Å². The molecule has 3 rings (SSSR count). The molecule has 0 fully saturated rings. The second-order valence-electron chi connectivity index (χ2n) is 8.90. The molecule has 3 aromatic rings. The average molecular weight is 514 g/mol. The largest absolute Gasteiger partial charge is 0.497 e. The molecular formula is C27H39N5O3S. The van der Waals surface area contributed by atoms with Crippen LogP contribution in [0.2, 0.25) is 0 Å². The molecule has 196 valence electrons. The fourth-order valence-corrected chi connectivity index (χ4v) is 5.68. The van der Waals surface area contributed by atoms with Gasteiger partial charge in [-0.3, -0.25) is 0 Å². The molecule has 0 saturated carbocycles. The van der Waals surface area contributed by atoms with Crippen molar-refractivity contribution in [3.8, 4) is 17.1 Å². The van der Waals surface area contributed by atoms with Crippen molar-refractivity contribution in [1.82, 2.24) is 24.0 Å². The summed E-state index contributed by atoms with van der Waals surface area (Å²) in [5, 5.41) is 4.67. The highest BCUT2D eigenvalue weighted by Gasteiger charge is 2.31. The van der Waals surface area contributed by atoms with Crippen LogP contribution in [-0.4, -0.2) is 71.9 Å². The summed E-state index contributed by atoms with van der Waals surface area (Å²) in [4.78, 5) is 7.05. The molecule has 0 aliphatic carbocycles. The second kappa shape index (κ2) is 13.0. The van der Waals surface area contributed by atoms with E-state index >= 15 is 0 Å². The molecule has 1 heterocycles. The van der Waals surface area contributed by atoms with Crippen LogP contribution in [0.5, 0.6) is 5.75 Å². The highest BCUT2D eigenvalue weighted by molar-refractivity contribution is 7.89. The fourth-order valence-electron chi connectivity index (χ4n) is 4.31. The van der Waals surface area contributed by atoms with Gasteiger partial charge in [-0.2, -0.15) is 9.40 Å². The highest BCUT2D eigenvalue weighted by atomic mass is 32.2. The SMILES string of the molecule is CCN(CC)CCCS(=O)(=O)N(C)[C@H](CCc1ccccc1)c1nc(-c2ccc(OC)cc2)n(C)n1. The monoisotopic (exact) mass is 513 g/mol. The van der Waals surface area contributed by atoms with Crippen molar-refractivity contribution in [1.29, 1.82) is 0 Å². The van der Waals surface area contributed by atoms with Crippen LogP contribution >= 0.6 is 0 Å². The number of hydrogen-bond donors (Lipinski definition) is 0. The number of ether oxygens (including phenoxy) is 1. The van der Waals surface area contributed by atoms with Crippen molar-refractivity contribution in [3.05, 3.63) is 66.0 Å². The minimum Gasteiger partial charge on any atom is -0.497 e. The van der Waals surface area contributed by atoms with Gasteiger partial charge in [0.15, 0.2) is 11.6 Å². The van der Waals surface area contributed by atoms with E-state index in [0.29, 0.717) is 24.5 Å². The summed E-state index contributed by atoms with van der Waals surface area (Å²) in [5.41, 5.74) is 2.05. The summed E-state index contributed by atoms with van der Waals surface area (Å²) >= 11 is 0. The second-order valence-corrected chi connectivity index (χ2v) is 11.0. The van der Waals surface area contributed by atoms with Crippen molar-refractivity contribution < 1.29 is 13.2 Å². The Morgan fingerprint density at radius 2 is 1.69 bits per heavy atom. The zero-order valence-electron chi connectivity index (χ0n) is 22.1. The molecular weight excluding hydrogens is 474 g/mol. The van der Waals surface area contributed by atoms with Crippen LogP contribution in [0.1, 0.15) is 44.1 Å². The minimum absolute atomic E-state index is 0.0972. The number of rotatable bonds is 14. The first-order valence-electron chi connectivity index (χ1n) is 12.6. The van der Waals surface area contributed by atoms with Crippen LogP contribution in [0.15, 0.2) is 54.6 Å². The normalized spacial score (nSPS) is 12.9. The topological polar surface area (TPSA) is 80.6 Å². The van der Waals surface area contributed by atoms with Crippen LogP contribution < -0.4 is 4.74 Å². The van der Waals surface area contributed by atoms with Gasteiger partial charge in [0.25, 0.3) is 0 Å². The van der Waals surface area contributed by atoms with Crippen LogP contribution in [0.3, 0.4) is 0 Å². The predicted molar refractivity (Wildman–Crippen MR) is 144 cm³/mol. The maximum absolute atomic E-state index is 13.4. The minimum atomic E-state index is -3.50. The number of benzene rings is 2. The van der Waals surface area contributed by atoms with Gasteiger partial charge >= 0.3 is 0 Å². The molecule has 0 bridgehead atoms. The first-order chi connectivity index (χ1) is 17.3. The molecule has 1 aromatic heterocycles. The summed E-state index contributed by atoms with van der Waals surface area (Å²) in [7, 11) is 1.62.